The second-order valence-corrected chi connectivity index (χ2v) is 9.45. The monoisotopic (exact) mass is 332 g/mol. The Morgan fingerprint density at radius 3 is 2.79 bits per heavy atom. The molecule has 4 aliphatic rings. The Morgan fingerprint density at radius 2 is 2.04 bits per heavy atom. The molecule has 0 aliphatic heterocycles. The standard InChI is InChI=1S/C21H32O3/c1-20-9-4-5-16(20)14-7-6-13-11-18(22)15(19(23)24-3)12-21(13,2)17(14)8-10-20/h6,14-18,22H,4-5,7-12H2,1-3H3/t14-,15?,16-,17+,18?,20-,21-/m0/s1. The van der Waals surface area contributed by atoms with Gasteiger partial charge in [0.1, 0.15) is 0 Å². The Labute approximate surface area is 145 Å². The molecule has 0 radical (unpaired) electrons. The van der Waals surface area contributed by atoms with E-state index in [0.29, 0.717) is 17.8 Å². The molecular weight excluding hydrogens is 300 g/mol. The predicted octanol–water partition coefficient (Wildman–Crippen LogP) is 4.10. The van der Waals surface area contributed by atoms with Gasteiger partial charge >= 0.3 is 5.97 Å². The smallest absolute Gasteiger partial charge is 0.311 e. The number of esters is 1. The molecule has 1 N–H and O–H groups in total. The fourth-order valence-corrected chi connectivity index (χ4v) is 7.10. The molecule has 134 valence electrons. The van der Waals surface area contributed by atoms with Crippen molar-refractivity contribution in [3.8, 4) is 0 Å². The third-order valence-corrected chi connectivity index (χ3v) is 8.45. The van der Waals surface area contributed by atoms with Gasteiger partial charge in [0.2, 0.25) is 0 Å². The summed E-state index contributed by atoms with van der Waals surface area (Å²) < 4.78 is 4.99. The molecule has 4 rings (SSSR count). The van der Waals surface area contributed by atoms with Gasteiger partial charge in [0.05, 0.1) is 19.1 Å². The van der Waals surface area contributed by atoms with Crippen LogP contribution in [0.4, 0.5) is 0 Å². The summed E-state index contributed by atoms with van der Waals surface area (Å²) in [6, 6.07) is 0. The summed E-state index contributed by atoms with van der Waals surface area (Å²) in [4.78, 5) is 12.2. The van der Waals surface area contributed by atoms with Gasteiger partial charge in [0, 0.05) is 0 Å². The van der Waals surface area contributed by atoms with Crippen molar-refractivity contribution in [1.29, 1.82) is 0 Å². The van der Waals surface area contributed by atoms with Crippen LogP contribution >= 0.6 is 0 Å². The van der Waals surface area contributed by atoms with E-state index in [1.165, 1.54) is 51.2 Å². The number of fused-ring (bicyclic) bond motifs is 5. The van der Waals surface area contributed by atoms with Gasteiger partial charge in [0.25, 0.3) is 0 Å². The lowest BCUT2D eigenvalue weighted by atomic mass is 9.47. The maximum absolute atomic E-state index is 12.2. The van der Waals surface area contributed by atoms with Crippen molar-refractivity contribution in [2.45, 2.75) is 71.3 Å². The van der Waals surface area contributed by atoms with Crippen molar-refractivity contribution in [2.75, 3.05) is 7.11 Å². The average molecular weight is 332 g/mol. The molecule has 3 fully saturated rings. The van der Waals surface area contributed by atoms with Gasteiger partial charge in [-0.2, -0.15) is 0 Å². The minimum atomic E-state index is -0.575. The summed E-state index contributed by atoms with van der Waals surface area (Å²) in [5.74, 6) is 1.72. The van der Waals surface area contributed by atoms with E-state index < -0.39 is 6.10 Å². The quantitative estimate of drug-likeness (QED) is 0.581. The largest absolute Gasteiger partial charge is 0.469 e. The number of rotatable bonds is 1. The minimum absolute atomic E-state index is 0.0743. The van der Waals surface area contributed by atoms with E-state index in [9.17, 15) is 9.90 Å². The van der Waals surface area contributed by atoms with Crippen LogP contribution in [0.5, 0.6) is 0 Å². The Kier molecular flexibility index (Phi) is 3.87. The highest BCUT2D eigenvalue weighted by molar-refractivity contribution is 5.73. The summed E-state index contributed by atoms with van der Waals surface area (Å²) in [5, 5.41) is 10.5. The molecule has 2 unspecified atom stereocenters. The van der Waals surface area contributed by atoms with E-state index in [1.807, 2.05) is 0 Å². The molecule has 0 aromatic carbocycles. The van der Waals surface area contributed by atoms with E-state index in [-0.39, 0.29) is 17.3 Å². The van der Waals surface area contributed by atoms with E-state index in [4.69, 9.17) is 4.74 Å². The SMILES string of the molecule is COC(=O)C1C[C@@]2(C)C(=CC[C@@H]3[C@H]2CC[C@]2(C)CCC[C@@H]32)CC1O. The van der Waals surface area contributed by atoms with Crippen molar-refractivity contribution in [1.82, 2.24) is 0 Å². The minimum Gasteiger partial charge on any atom is -0.469 e. The van der Waals surface area contributed by atoms with Gasteiger partial charge in [-0.3, -0.25) is 4.79 Å². The second-order valence-electron chi connectivity index (χ2n) is 9.45. The van der Waals surface area contributed by atoms with Crippen molar-refractivity contribution < 1.29 is 14.6 Å². The summed E-state index contributed by atoms with van der Waals surface area (Å²) >= 11 is 0. The van der Waals surface area contributed by atoms with Gasteiger partial charge in [-0.1, -0.05) is 31.9 Å². The van der Waals surface area contributed by atoms with E-state index in [0.717, 1.165) is 18.3 Å². The summed E-state index contributed by atoms with van der Waals surface area (Å²) in [6.07, 6.45) is 11.3. The number of carbonyl (C=O) groups is 1. The molecular formula is C21H32O3. The average Bonchev–Trinajstić information content (AvgIpc) is 2.96. The topological polar surface area (TPSA) is 46.5 Å². The van der Waals surface area contributed by atoms with Gasteiger partial charge in [-0.05, 0) is 73.5 Å². The zero-order chi connectivity index (χ0) is 17.1. The fourth-order valence-electron chi connectivity index (χ4n) is 7.10. The molecule has 3 nitrogen and oxygen atoms in total. The number of ether oxygens (including phenoxy) is 1. The van der Waals surface area contributed by atoms with Crippen LogP contribution in [-0.4, -0.2) is 24.3 Å². The van der Waals surface area contributed by atoms with Gasteiger partial charge in [-0.25, -0.2) is 0 Å². The molecule has 7 atom stereocenters. The highest BCUT2D eigenvalue weighted by Gasteiger charge is 2.57. The molecule has 3 saturated carbocycles. The molecule has 3 heteroatoms. The van der Waals surface area contributed by atoms with E-state index in [2.05, 4.69) is 19.9 Å². The van der Waals surface area contributed by atoms with Gasteiger partial charge in [0.15, 0.2) is 0 Å². The van der Waals surface area contributed by atoms with E-state index >= 15 is 0 Å². The molecule has 4 aliphatic carbocycles. The van der Waals surface area contributed by atoms with Gasteiger partial charge in [-0.15, -0.1) is 0 Å². The Bertz CT molecular complexity index is 567. The predicted molar refractivity (Wildman–Crippen MR) is 93.2 cm³/mol. The lowest BCUT2D eigenvalue weighted by molar-refractivity contribution is -0.154. The maximum atomic E-state index is 12.2. The zero-order valence-corrected chi connectivity index (χ0v) is 15.4. The van der Waals surface area contributed by atoms with E-state index in [1.54, 1.807) is 0 Å². The molecule has 0 saturated heterocycles. The highest BCUT2D eigenvalue weighted by atomic mass is 16.5. The number of aliphatic hydroxyl groups is 1. The summed E-state index contributed by atoms with van der Waals surface area (Å²) in [6.45, 7) is 4.89. The zero-order valence-electron chi connectivity index (χ0n) is 15.4. The lowest BCUT2D eigenvalue weighted by Gasteiger charge is -2.58. The van der Waals surface area contributed by atoms with Crippen LogP contribution < -0.4 is 0 Å². The Hall–Kier alpha value is -0.830. The first-order chi connectivity index (χ1) is 11.4. The molecule has 0 aromatic heterocycles. The number of hydrogen-bond acceptors (Lipinski definition) is 3. The van der Waals surface area contributed by atoms with Crippen molar-refractivity contribution in [3.63, 3.8) is 0 Å². The van der Waals surface area contributed by atoms with Crippen LogP contribution in [-0.2, 0) is 9.53 Å². The Morgan fingerprint density at radius 1 is 1.25 bits per heavy atom. The molecule has 0 aromatic rings. The first kappa shape index (κ1) is 16.6. The summed E-state index contributed by atoms with van der Waals surface area (Å²) in [7, 11) is 1.44. The molecule has 0 amide bonds. The second kappa shape index (κ2) is 5.59. The van der Waals surface area contributed by atoms with Crippen molar-refractivity contribution >= 4 is 5.97 Å². The first-order valence-electron chi connectivity index (χ1n) is 9.84. The molecule has 0 heterocycles. The molecule has 0 bridgehead atoms. The first-order valence-corrected chi connectivity index (χ1v) is 9.84. The van der Waals surface area contributed by atoms with Crippen LogP contribution in [0, 0.1) is 34.5 Å². The van der Waals surface area contributed by atoms with Crippen LogP contribution in [0.1, 0.15) is 65.2 Å². The van der Waals surface area contributed by atoms with Crippen LogP contribution in [0.25, 0.3) is 0 Å². The fraction of sp³-hybridized carbons (Fsp3) is 0.857. The number of aliphatic hydroxyl groups excluding tert-OH is 1. The summed E-state index contributed by atoms with van der Waals surface area (Å²) in [5.41, 5.74) is 2.04. The number of methoxy groups -OCH3 is 1. The van der Waals surface area contributed by atoms with Crippen molar-refractivity contribution in [3.05, 3.63) is 11.6 Å². The lowest BCUT2D eigenvalue weighted by Crippen LogP contribution is -2.52. The molecule has 0 spiro atoms. The third-order valence-electron chi connectivity index (χ3n) is 8.45. The van der Waals surface area contributed by atoms with Crippen LogP contribution in [0.3, 0.4) is 0 Å². The van der Waals surface area contributed by atoms with Gasteiger partial charge < -0.3 is 9.84 Å². The molecule has 24 heavy (non-hydrogen) atoms. The third kappa shape index (κ3) is 2.23. The normalized spacial score (nSPS) is 50.3. The van der Waals surface area contributed by atoms with Crippen LogP contribution in [0.15, 0.2) is 11.6 Å². The maximum Gasteiger partial charge on any atom is 0.311 e. The highest BCUT2D eigenvalue weighted by Crippen LogP contribution is 2.65. The van der Waals surface area contributed by atoms with Crippen LogP contribution in [0.2, 0.25) is 0 Å². The number of allylic oxidation sites excluding steroid dienone is 1. The number of carbonyl (C=O) groups excluding carboxylic acids is 1. The number of hydrogen-bond donors (Lipinski definition) is 1. The van der Waals surface area contributed by atoms with Crippen molar-refractivity contribution in [2.24, 2.45) is 34.5 Å². The Balaban J connectivity index is 1.66.